The summed E-state index contributed by atoms with van der Waals surface area (Å²) >= 11 is 0. The Kier molecular flexibility index (Phi) is 5.15. The molecule has 0 amide bonds. The highest BCUT2D eigenvalue weighted by Crippen LogP contribution is 2.36. The van der Waals surface area contributed by atoms with Crippen LogP contribution >= 0.6 is 0 Å². The Labute approximate surface area is 145 Å². The molecule has 1 heterocycles. The number of carbonyl (C=O) groups excluding carboxylic acids is 1. The van der Waals surface area contributed by atoms with Crippen LogP contribution in [0.3, 0.4) is 0 Å². The van der Waals surface area contributed by atoms with Gasteiger partial charge in [-0.15, -0.1) is 0 Å². The Hall–Kier alpha value is -1.74. The average Bonchev–Trinajstić information content (AvgIpc) is 2.78. The zero-order chi connectivity index (χ0) is 18.1. The molecular formula is C17H27NO4Si2. The fraction of sp³-hybridized carbons (Fsp3) is 0.471. The third kappa shape index (κ3) is 4.88. The molecule has 7 heteroatoms. The van der Waals surface area contributed by atoms with E-state index in [2.05, 4.69) is 44.3 Å². The molecule has 0 saturated heterocycles. The molecule has 0 aliphatic carbocycles. The lowest BCUT2D eigenvalue weighted by molar-refractivity contribution is 0.0520. The van der Waals surface area contributed by atoms with Gasteiger partial charge in [-0.2, -0.15) is 0 Å². The number of aromatic amines is 1. The number of carbonyl (C=O) groups is 1. The first-order valence-electron chi connectivity index (χ1n) is 8.20. The highest BCUT2D eigenvalue weighted by molar-refractivity contribution is 6.71. The Balaban J connectivity index is 2.51. The second kappa shape index (κ2) is 6.64. The minimum atomic E-state index is -1.79. The topological polar surface area (TPSA) is 60.6 Å². The fourth-order valence-electron chi connectivity index (χ4n) is 2.28. The van der Waals surface area contributed by atoms with E-state index in [1.165, 1.54) is 0 Å². The van der Waals surface area contributed by atoms with E-state index in [-0.39, 0.29) is 5.97 Å². The Morgan fingerprint density at radius 3 is 2.00 bits per heavy atom. The van der Waals surface area contributed by atoms with Crippen LogP contribution in [0.1, 0.15) is 17.4 Å². The van der Waals surface area contributed by atoms with E-state index in [0.717, 1.165) is 22.4 Å². The van der Waals surface area contributed by atoms with Crippen molar-refractivity contribution in [2.75, 3.05) is 6.61 Å². The molecular weight excluding hydrogens is 338 g/mol. The molecule has 5 nitrogen and oxygen atoms in total. The molecule has 0 aliphatic heterocycles. The summed E-state index contributed by atoms with van der Waals surface area (Å²) in [5.74, 6) is 1.13. The first-order valence-corrected chi connectivity index (χ1v) is 15.0. The summed E-state index contributed by atoms with van der Waals surface area (Å²) in [7, 11) is -3.58. The number of fused-ring (bicyclic) bond motifs is 1. The maximum atomic E-state index is 11.9. The summed E-state index contributed by atoms with van der Waals surface area (Å²) in [6.07, 6.45) is 0. The second-order valence-corrected chi connectivity index (χ2v) is 16.6. The van der Waals surface area contributed by atoms with Crippen molar-refractivity contribution in [2.24, 2.45) is 0 Å². The highest BCUT2D eigenvalue weighted by atomic mass is 28.4. The van der Waals surface area contributed by atoms with Crippen LogP contribution in [-0.4, -0.2) is 34.2 Å². The van der Waals surface area contributed by atoms with Crippen molar-refractivity contribution in [2.45, 2.75) is 46.2 Å². The molecule has 0 spiro atoms. The van der Waals surface area contributed by atoms with Crippen molar-refractivity contribution < 1.29 is 18.4 Å². The predicted octanol–water partition coefficient (Wildman–Crippen LogP) is 4.77. The molecule has 0 atom stereocenters. The first-order chi connectivity index (χ1) is 11.0. The van der Waals surface area contributed by atoms with Gasteiger partial charge in [-0.25, -0.2) is 4.79 Å². The SMILES string of the molecule is CCOC(=O)c1cc2cc(O[Si](C)(C)C)c(O[Si](C)(C)C)cc2[nH]1. The van der Waals surface area contributed by atoms with Crippen molar-refractivity contribution in [3.63, 3.8) is 0 Å². The molecule has 2 aromatic rings. The van der Waals surface area contributed by atoms with Gasteiger partial charge in [0.05, 0.1) is 6.61 Å². The number of esters is 1. The second-order valence-electron chi connectivity index (χ2n) is 7.72. The largest absolute Gasteiger partial charge is 0.542 e. The first kappa shape index (κ1) is 18.6. The summed E-state index contributed by atoms with van der Waals surface area (Å²) in [5.41, 5.74) is 1.28. The maximum Gasteiger partial charge on any atom is 0.354 e. The smallest absolute Gasteiger partial charge is 0.354 e. The van der Waals surface area contributed by atoms with Crippen molar-refractivity contribution in [1.82, 2.24) is 4.98 Å². The number of rotatable bonds is 6. The number of H-pyrrole nitrogens is 1. The van der Waals surface area contributed by atoms with E-state index in [1.54, 1.807) is 13.0 Å². The summed E-state index contributed by atoms with van der Waals surface area (Å²) in [6, 6.07) is 5.66. The Morgan fingerprint density at radius 1 is 0.958 bits per heavy atom. The summed E-state index contributed by atoms with van der Waals surface area (Å²) in [4.78, 5) is 15.1. The third-order valence-corrected chi connectivity index (χ3v) is 4.68. The molecule has 1 aromatic heterocycles. The standard InChI is InChI=1S/C17H27NO4Si2/c1-8-20-17(19)14-9-12-10-15(21-23(2,3)4)16(11-13(12)18-14)22-24(5,6)7/h9-11,18H,8H2,1-7H3. The van der Waals surface area contributed by atoms with Crippen LogP contribution in [0.15, 0.2) is 18.2 Å². The molecule has 0 bridgehead atoms. The number of nitrogens with one attached hydrogen (secondary N) is 1. The van der Waals surface area contributed by atoms with Crippen LogP contribution in [0.5, 0.6) is 11.5 Å². The van der Waals surface area contributed by atoms with Crippen LogP contribution in [0.4, 0.5) is 0 Å². The Bertz CT molecular complexity index is 688. The molecule has 1 N–H and O–H groups in total. The molecule has 0 radical (unpaired) electrons. The minimum absolute atomic E-state index is 0.349. The lowest BCUT2D eigenvalue weighted by Gasteiger charge is -2.25. The summed E-state index contributed by atoms with van der Waals surface area (Å²) < 4.78 is 17.5. The zero-order valence-corrected chi connectivity index (χ0v) is 17.6. The fourth-order valence-corrected chi connectivity index (χ4v) is 3.92. The summed E-state index contributed by atoms with van der Waals surface area (Å²) in [5, 5.41) is 0.911. The predicted molar refractivity (Wildman–Crippen MR) is 102 cm³/mol. The van der Waals surface area contributed by atoms with Crippen molar-refractivity contribution >= 4 is 33.5 Å². The van der Waals surface area contributed by atoms with Crippen LogP contribution in [0.25, 0.3) is 10.9 Å². The van der Waals surface area contributed by atoms with Crippen molar-refractivity contribution in [3.05, 3.63) is 23.9 Å². The van der Waals surface area contributed by atoms with Crippen LogP contribution in [-0.2, 0) is 4.74 Å². The number of hydrogen-bond donors (Lipinski definition) is 1. The molecule has 24 heavy (non-hydrogen) atoms. The molecule has 0 unspecified atom stereocenters. The Morgan fingerprint density at radius 2 is 1.50 bits per heavy atom. The summed E-state index contributed by atoms with van der Waals surface area (Å²) in [6.45, 7) is 14.9. The lowest BCUT2D eigenvalue weighted by Crippen LogP contribution is -2.32. The van der Waals surface area contributed by atoms with Gasteiger partial charge < -0.3 is 18.6 Å². The number of hydrogen-bond acceptors (Lipinski definition) is 4. The van der Waals surface area contributed by atoms with E-state index >= 15 is 0 Å². The molecule has 0 aliphatic rings. The van der Waals surface area contributed by atoms with Crippen LogP contribution in [0, 0.1) is 0 Å². The third-order valence-electron chi connectivity index (χ3n) is 3.01. The average molecular weight is 366 g/mol. The van der Waals surface area contributed by atoms with Gasteiger partial charge >= 0.3 is 5.97 Å². The van der Waals surface area contributed by atoms with Gasteiger partial charge in [0.15, 0.2) is 0 Å². The van der Waals surface area contributed by atoms with Gasteiger partial charge in [0, 0.05) is 17.0 Å². The van der Waals surface area contributed by atoms with E-state index in [4.69, 9.17) is 13.6 Å². The van der Waals surface area contributed by atoms with Gasteiger partial charge in [0.1, 0.15) is 17.2 Å². The van der Waals surface area contributed by atoms with E-state index in [1.807, 2.05) is 12.1 Å². The lowest BCUT2D eigenvalue weighted by atomic mass is 10.2. The van der Waals surface area contributed by atoms with Gasteiger partial charge in [-0.3, -0.25) is 0 Å². The number of aromatic nitrogens is 1. The van der Waals surface area contributed by atoms with Gasteiger partial charge in [-0.1, -0.05) is 0 Å². The van der Waals surface area contributed by atoms with Crippen molar-refractivity contribution in [1.29, 1.82) is 0 Å². The molecule has 0 saturated carbocycles. The monoisotopic (exact) mass is 365 g/mol. The number of benzene rings is 1. The molecule has 2 rings (SSSR count). The van der Waals surface area contributed by atoms with Crippen LogP contribution < -0.4 is 8.85 Å². The quantitative estimate of drug-likeness (QED) is 0.591. The van der Waals surface area contributed by atoms with E-state index in [9.17, 15) is 4.79 Å². The van der Waals surface area contributed by atoms with Gasteiger partial charge in [0.25, 0.3) is 0 Å². The number of ether oxygens (including phenoxy) is 1. The van der Waals surface area contributed by atoms with Gasteiger partial charge in [0.2, 0.25) is 16.6 Å². The highest BCUT2D eigenvalue weighted by Gasteiger charge is 2.24. The zero-order valence-electron chi connectivity index (χ0n) is 15.6. The molecule has 0 fully saturated rings. The van der Waals surface area contributed by atoms with E-state index in [0.29, 0.717) is 12.3 Å². The minimum Gasteiger partial charge on any atom is -0.542 e. The normalized spacial score (nSPS) is 12.3. The van der Waals surface area contributed by atoms with Crippen molar-refractivity contribution in [3.8, 4) is 11.5 Å². The maximum absolute atomic E-state index is 11.9. The van der Waals surface area contributed by atoms with Gasteiger partial charge in [-0.05, 0) is 58.3 Å². The van der Waals surface area contributed by atoms with Crippen LogP contribution in [0.2, 0.25) is 39.3 Å². The van der Waals surface area contributed by atoms with E-state index < -0.39 is 16.6 Å². The molecule has 1 aromatic carbocycles. The molecule has 132 valence electrons.